The maximum Gasteiger partial charge on any atom is 0.407 e. The van der Waals surface area contributed by atoms with Crippen molar-refractivity contribution in [3.05, 3.63) is 35.9 Å². The van der Waals surface area contributed by atoms with E-state index in [1.165, 1.54) is 0 Å². The summed E-state index contributed by atoms with van der Waals surface area (Å²) in [6.07, 6.45) is -0.849. The van der Waals surface area contributed by atoms with Gasteiger partial charge in [-0.3, -0.25) is 14.7 Å². The molecule has 0 saturated carbocycles. The van der Waals surface area contributed by atoms with Gasteiger partial charge in [-0.15, -0.1) is 9.46 Å². The van der Waals surface area contributed by atoms with E-state index in [1.54, 1.807) is 30.3 Å². The number of carboxylic acid groups (broad SMARTS) is 1. The Kier molecular flexibility index (Phi) is 6.04. The molecule has 19 heavy (non-hydrogen) atoms. The number of hydrogen-bond acceptors (Lipinski definition) is 5. The van der Waals surface area contributed by atoms with Crippen molar-refractivity contribution in [1.82, 2.24) is 5.32 Å². The minimum absolute atomic E-state index is 0.0503. The number of carbonyl (C=O) groups is 1. The molecule has 0 aliphatic rings. The molecular formula is C10H12F2NO5P. The maximum atomic E-state index is 11.8. The van der Waals surface area contributed by atoms with Gasteiger partial charge in [-0.1, -0.05) is 30.3 Å². The van der Waals surface area contributed by atoms with E-state index in [1.807, 2.05) is 0 Å². The second-order valence-electron chi connectivity index (χ2n) is 3.69. The maximum absolute atomic E-state index is 11.8. The van der Waals surface area contributed by atoms with E-state index in [9.17, 15) is 18.4 Å². The summed E-state index contributed by atoms with van der Waals surface area (Å²) in [5.41, 5.74) is 0.694. The van der Waals surface area contributed by atoms with Crippen LogP contribution in [0, 0.1) is 0 Å². The van der Waals surface area contributed by atoms with E-state index < -0.39 is 25.9 Å². The van der Waals surface area contributed by atoms with Gasteiger partial charge in [-0.25, -0.2) is 0 Å². The van der Waals surface area contributed by atoms with Crippen molar-refractivity contribution in [2.75, 3.05) is 6.29 Å². The molecule has 0 aliphatic carbocycles. The van der Waals surface area contributed by atoms with Gasteiger partial charge < -0.3 is 5.11 Å². The molecule has 1 atom stereocenters. The standard InChI is InChI=1S/C10H12F2NO5P/c11-17-19(16,18-12)7-13-9(10(14)15)6-8-4-2-1-3-5-8/h1-5,9,13H,6-7H2,(H,14,15)/t9-/m0/s1. The molecule has 1 aromatic carbocycles. The Morgan fingerprint density at radius 2 is 1.89 bits per heavy atom. The quantitative estimate of drug-likeness (QED) is 0.715. The van der Waals surface area contributed by atoms with Crippen LogP contribution in [-0.2, 0) is 25.2 Å². The van der Waals surface area contributed by atoms with Crippen LogP contribution in [0.1, 0.15) is 5.56 Å². The Balaban J connectivity index is 2.64. The number of aliphatic carboxylic acids is 1. The fraction of sp³-hybridized carbons (Fsp3) is 0.300. The fourth-order valence-corrected chi connectivity index (χ4v) is 1.94. The Labute approximate surface area is 107 Å². The van der Waals surface area contributed by atoms with Crippen molar-refractivity contribution in [1.29, 1.82) is 0 Å². The zero-order chi connectivity index (χ0) is 14.3. The van der Waals surface area contributed by atoms with Crippen molar-refractivity contribution in [2.45, 2.75) is 12.5 Å². The summed E-state index contributed by atoms with van der Waals surface area (Å²) in [7, 11) is -4.59. The summed E-state index contributed by atoms with van der Waals surface area (Å²) in [6.45, 7) is 0. The predicted octanol–water partition coefficient (Wildman–Crippen LogP) is 2.22. The molecule has 0 fully saturated rings. The lowest BCUT2D eigenvalue weighted by molar-refractivity contribution is -0.139. The molecule has 0 amide bonds. The lowest BCUT2D eigenvalue weighted by Gasteiger charge is -2.15. The molecule has 0 spiro atoms. The van der Waals surface area contributed by atoms with Crippen molar-refractivity contribution in [2.24, 2.45) is 0 Å². The van der Waals surface area contributed by atoms with Crippen LogP contribution in [0.5, 0.6) is 0 Å². The van der Waals surface area contributed by atoms with Gasteiger partial charge in [0, 0.05) is 0 Å². The van der Waals surface area contributed by atoms with Crippen LogP contribution >= 0.6 is 7.60 Å². The first-order valence-electron chi connectivity index (χ1n) is 5.20. The van der Waals surface area contributed by atoms with Gasteiger partial charge in [0.25, 0.3) is 0 Å². The van der Waals surface area contributed by atoms with Crippen LogP contribution in [0.4, 0.5) is 9.05 Å². The number of rotatable bonds is 8. The van der Waals surface area contributed by atoms with Crippen LogP contribution in [0.25, 0.3) is 0 Å². The highest BCUT2D eigenvalue weighted by atomic mass is 31.2. The number of hydrogen-bond donors (Lipinski definition) is 2. The third-order valence-electron chi connectivity index (χ3n) is 2.32. The lowest BCUT2D eigenvalue weighted by atomic mass is 10.1. The Bertz CT molecular complexity index is 450. The first kappa shape index (κ1) is 15.7. The van der Waals surface area contributed by atoms with Gasteiger partial charge in [0.15, 0.2) is 0 Å². The topological polar surface area (TPSA) is 84.9 Å². The SMILES string of the molecule is O=C(O)[C@H](Cc1ccccc1)NCP(=O)(OF)OF. The first-order valence-corrected chi connectivity index (χ1v) is 6.93. The van der Waals surface area contributed by atoms with Crippen LogP contribution in [0.3, 0.4) is 0 Å². The minimum atomic E-state index is -4.59. The molecule has 0 aliphatic heterocycles. The van der Waals surface area contributed by atoms with Gasteiger partial charge in [-0.05, 0) is 21.0 Å². The molecule has 6 nitrogen and oxygen atoms in total. The van der Waals surface area contributed by atoms with E-state index in [4.69, 9.17) is 5.11 Å². The Hall–Kier alpha value is -1.34. The van der Waals surface area contributed by atoms with Gasteiger partial charge in [-0.2, -0.15) is 0 Å². The van der Waals surface area contributed by atoms with Crippen molar-refractivity contribution < 1.29 is 33.0 Å². The van der Waals surface area contributed by atoms with Gasteiger partial charge in [0.1, 0.15) is 12.3 Å². The molecule has 9 heteroatoms. The summed E-state index contributed by atoms with van der Waals surface area (Å²) < 4.78 is 40.4. The van der Waals surface area contributed by atoms with E-state index >= 15 is 0 Å². The highest BCUT2D eigenvalue weighted by molar-refractivity contribution is 7.53. The molecule has 1 aromatic rings. The second-order valence-corrected chi connectivity index (χ2v) is 5.51. The molecule has 0 bridgehead atoms. The highest BCUT2D eigenvalue weighted by Crippen LogP contribution is 2.47. The Morgan fingerprint density at radius 3 is 2.37 bits per heavy atom. The van der Waals surface area contributed by atoms with Crippen LogP contribution in [0.2, 0.25) is 0 Å². The molecule has 0 heterocycles. The highest BCUT2D eigenvalue weighted by Gasteiger charge is 2.30. The summed E-state index contributed by atoms with van der Waals surface area (Å²) in [4.78, 5) is 11.0. The predicted molar refractivity (Wildman–Crippen MR) is 61.6 cm³/mol. The minimum Gasteiger partial charge on any atom is -0.480 e. The molecular weight excluding hydrogens is 283 g/mol. The van der Waals surface area contributed by atoms with Crippen LogP contribution in [-0.4, -0.2) is 23.4 Å². The first-order chi connectivity index (χ1) is 9.00. The van der Waals surface area contributed by atoms with Crippen molar-refractivity contribution >= 4 is 13.6 Å². The second kappa shape index (κ2) is 7.30. The van der Waals surface area contributed by atoms with E-state index in [0.29, 0.717) is 5.56 Å². The average Bonchev–Trinajstić information content (AvgIpc) is 2.44. The van der Waals surface area contributed by atoms with Gasteiger partial charge in [0.2, 0.25) is 0 Å². The lowest BCUT2D eigenvalue weighted by Crippen LogP contribution is -2.39. The summed E-state index contributed by atoms with van der Waals surface area (Å²) in [5.74, 6) is -1.26. The number of nitrogens with one attached hydrogen (secondary N) is 1. The summed E-state index contributed by atoms with van der Waals surface area (Å²) >= 11 is 0. The molecule has 2 N–H and O–H groups in total. The molecule has 106 valence electrons. The average molecular weight is 295 g/mol. The molecule has 0 saturated heterocycles. The zero-order valence-corrected chi connectivity index (χ0v) is 10.6. The molecule has 0 aromatic heterocycles. The van der Waals surface area contributed by atoms with Gasteiger partial charge >= 0.3 is 13.6 Å². The third-order valence-corrected chi connectivity index (χ3v) is 3.31. The van der Waals surface area contributed by atoms with Crippen molar-refractivity contribution in [3.63, 3.8) is 0 Å². The van der Waals surface area contributed by atoms with E-state index in [2.05, 4.69) is 14.8 Å². The molecule has 0 unspecified atom stereocenters. The largest absolute Gasteiger partial charge is 0.480 e. The monoisotopic (exact) mass is 295 g/mol. The third kappa shape index (κ3) is 5.04. The smallest absolute Gasteiger partial charge is 0.407 e. The fourth-order valence-electron chi connectivity index (χ4n) is 1.38. The number of carboxylic acids is 1. The van der Waals surface area contributed by atoms with Crippen molar-refractivity contribution in [3.8, 4) is 0 Å². The summed E-state index contributed by atoms with van der Waals surface area (Å²) in [6, 6.07) is 7.39. The van der Waals surface area contributed by atoms with Crippen LogP contribution in [0.15, 0.2) is 30.3 Å². The zero-order valence-electron chi connectivity index (χ0n) is 9.66. The summed E-state index contributed by atoms with van der Waals surface area (Å²) in [5, 5.41) is 11.2. The van der Waals surface area contributed by atoms with Gasteiger partial charge in [0.05, 0.1) is 0 Å². The molecule has 0 radical (unpaired) electrons. The van der Waals surface area contributed by atoms with Crippen LogP contribution < -0.4 is 5.32 Å². The van der Waals surface area contributed by atoms with E-state index in [0.717, 1.165) is 0 Å². The Morgan fingerprint density at radius 1 is 1.32 bits per heavy atom. The number of benzene rings is 1. The molecule has 1 rings (SSSR count). The normalized spacial score (nSPS) is 13.2. The van der Waals surface area contributed by atoms with E-state index in [-0.39, 0.29) is 6.42 Å². The number of halogens is 2.